The summed E-state index contributed by atoms with van der Waals surface area (Å²) in [4.78, 5) is 63.9. The third-order valence-corrected chi connectivity index (χ3v) is 6.47. The average molecular weight is 507 g/mol. The topological polar surface area (TPSA) is 138 Å². The first-order chi connectivity index (χ1) is 16.4. The number of hydrogen-bond donors (Lipinski definition) is 1. The van der Waals surface area contributed by atoms with Crippen LogP contribution in [0.3, 0.4) is 0 Å². The van der Waals surface area contributed by atoms with Crippen molar-refractivity contribution >= 4 is 40.6 Å². The van der Waals surface area contributed by atoms with Gasteiger partial charge in [0.2, 0.25) is 11.9 Å². The standard InChI is InChI=1S/C23H26N2O9S/c1-13-16(17(27)33-12-34-21(30)22(2,3)4)25-19(29)23(31-5,20(25)35-18(13)28)24-15(26)11-32-14-9-7-6-8-10-14/h6-10,20H,11-12H2,1-5H3,(H,24,26)/t20-,23?/m0/s1. The predicted molar refractivity (Wildman–Crippen MR) is 122 cm³/mol. The van der Waals surface area contributed by atoms with E-state index in [-0.39, 0.29) is 11.3 Å². The summed E-state index contributed by atoms with van der Waals surface area (Å²) in [5, 5.41) is 0.909. The number of esters is 2. The summed E-state index contributed by atoms with van der Waals surface area (Å²) in [6, 6.07) is 8.59. The molecule has 2 atom stereocenters. The Morgan fingerprint density at radius 2 is 1.77 bits per heavy atom. The van der Waals surface area contributed by atoms with E-state index in [4.69, 9.17) is 18.9 Å². The van der Waals surface area contributed by atoms with Gasteiger partial charge in [0.1, 0.15) is 16.8 Å². The van der Waals surface area contributed by atoms with Crippen molar-refractivity contribution in [1.82, 2.24) is 10.2 Å². The number of hydrogen-bond acceptors (Lipinski definition) is 10. The summed E-state index contributed by atoms with van der Waals surface area (Å²) >= 11 is 0.724. The number of rotatable bonds is 8. The second-order valence-corrected chi connectivity index (χ2v) is 9.78. The number of methoxy groups -OCH3 is 1. The summed E-state index contributed by atoms with van der Waals surface area (Å²) < 4.78 is 20.7. The van der Waals surface area contributed by atoms with Crippen molar-refractivity contribution in [3.63, 3.8) is 0 Å². The molecule has 0 aliphatic carbocycles. The first-order valence-corrected chi connectivity index (χ1v) is 11.4. The van der Waals surface area contributed by atoms with Gasteiger partial charge in [0.15, 0.2) is 6.61 Å². The molecule has 1 saturated heterocycles. The lowest BCUT2D eigenvalue weighted by Crippen LogP contribution is -2.81. The van der Waals surface area contributed by atoms with Crippen LogP contribution >= 0.6 is 11.8 Å². The molecule has 0 bridgehead atoms. The van der Waals surface area contributed by atoms with Gasteiger partial charge in [-0.25, -0.2) is 4.79 Å². The summed E-state index contributed by atoms with van der Waals surface area (Å²) in [6.07, 6.45) is 0. The first kappa shape index (κ1) is 26.2. The molecule has 1 aromatic rings. The Balaban J connectivity index is 1.70. The fourth-order valence-corrected chi connectivity index (χ4v) is 4.47. The van der Waals surface area contributed by atoms with Crippen molar-refractivity contribution < 1.29 is 42.9 Å². The van der Waals surface area contributed by atoms with Gasteiger partial charge in [-0.15, -0.1) is 0 Å². The number of ether oxygens (including phenoxy) is 4. The van der Waals surface area contributed by atoms with Crippen LogP contribution in [0.4, 0.5) is 0 Å². The quantitative estimate of drug-likeness (QED) is 0.312. The Hall–Kier alpha value is -3.38. The van der Waals surface area contributed by atoms with Crippen LogP contribution in [0.25, 0.3) is 0 Å². The van der Waals surface area contributed by atoms with Crippen LogP contribution in [0.1, 0.15) is 27.7 Å². The summed E-state index contributed by atoms with van der Waals surface area (Å²) in [7, 11) is 1.20. The molecule has 0 saturated carbocycles. The average Bonchev–Trinajstić information content (AvgIpc) is 2.82. The lowest BCUT2D eigenvalue weighted by molar-refractivity contribution is -0.194. The minimum atomic E-state index is -1.89. The van der Waals surface area contributed by atoms with Gasteiger partial charge < -0.3 is 24.3 Å². The molecule has 0 spiro atoms. The van der Waals surface area contributed by atoms with Crippen LogP contribution in [0, 0.1) is 5.41 Å². The van der Waals surface area contributed by atoms with Crippen molar-refractivity contribution in [3.8, 4) is 5.75 Å². The molecule has 188 valence electrons. The second-order valence-electron chi connectivity index (χ2n) is 8.73. The molecule has 1 N–H and O–H groups in total. The SMILES string of the molecule is COC1(NC(=O)COc2ccccc2)C(=O)N2C(C(=O)OCOC(=O)C(C)(C)C)=C(C)C(=O)S[C@H]21. The maximum atomic E-state index is 13.1. The lowest BCUT2D eigenvalue weighted by atomic mass is 9.98. The minimum absolute atomic E-state index is 0.0183. The van der Waals surface area contributed by atoms with Crippen LogP contribution in [0.15, 0.2) is 41.6 Å². The van der Waals surface area contributed by atoms with E-state index in [1.807, 2.05) is 0 Å². The number of carbonyl (C=O) groups excluding carboxylic acids is 5. The Morgan fingerprint density at radius 3 is 2.37 bits per heavy atom. The number of para-hydroxylation sites is 1. The third-order valence-electron chi connectivity index (χ3n) is 5.19. The van der Waals surface area contributed by atoms with Crippen molar-refractivity contribution in [2.24, 2.45) is 5.41 Å². The Bertz CT molecular complexity index is 1080. The van der Waals surface area contributed by atoms with E-state index in [1.54, 1.807) is 51.1 Å². The molecule has 0 radical (unpaired) electrons. The molecule has 3 rings (SSSR count). The van der Waals surface area contributed by atoms with E-state index in [2.05, 4.69) is 5.32 Å². The highest BCUT2D eigenvalue weighted by atomic mass is 32.2. The molecule has 2 amide bonds. The highest BCUT2D eigenvalue weighted by molar-refractivity contribution is 8.14. The Kier molecular flexibility index (Phi) is 7.56. The number of β-lactam (4-membered cyclic amide) rings is 1. The number of amides is 2. The van der Waals surface area contributed by atoms with Crippen molar-refractivity contribution in [2.45, 2.75) is 38.8 Å². The monoisotopic (exact) mass is 506 g/mol. The maximum Gasteiger partial charge on any atom is 0.358 e. The Labute approximate surface area is 206 Å². The lowest BCUT2D eigenvalue weighted by Gasteiger charge is -2.55. The third kappa shape index (κ3) is 5.17. The molecular weight excluding hydrogens is 480 g/mol. The number of thioether (sulfide) groups is 1. The van der Waals surface area contributed by atoms with Gasteiger partial charge in [0, 0.05) is 12.7 Å². The second kappa shape index (κ2) is 10.1. The number of nitrogens with one attached hydrogen (secondary N) is 1. The molecule has 2 aliphatic heterocycles. The van der Waals surface area contributed by atoms with Gasteiger partial charge >= 0.3 is 11.9 Å². The van der Waals surface area contributed by atoms with Gasteiger partial charge in [-0.3, -0.25) is 24.1 Å². The molecular formula is C23H26N2O9S. The van der Waals surface area contributed by atoms with Crippen LogP contribution < -0.4 is 10.1 Å². The van der Waals surface area contributed by atoms with Gasteiger partial charge in [0.25, 0.3) is 17.5 Å². The van der Waals surface area contributed by atoms with E-state index >= 15 is 0 Å². The fraction of sp³-hybridized carbons (Fsp3) is 0.435. The van der Waals surface area contributed by atoms with Crippen molar-refractivity contribution in [3.05, 3.63) is 41.6 Å². The zero-order valence-corrected chi connectivity index (χ0v) is 20.7. The van der Waals surface area contributed by atoms with Gasteiger partial charge in [0.05, 0.1) is 5.41 Å². The van der Waals surface area contributed by atoms with E-state index in [0.717, 1.165) is 16.7 Å². The predicted octanol–water partition coefficient (Wildman–Crippen LogP) is 1.33. The van der Waals surface area contributed by atoms with E-state index < -0.39 is 58.8 Å². The number of nitrogens with zero attached hydrogens (tertiary/aromatic N) is 1. The molecule has 12 heteroatoms. The normalized spacial score (nSPS) is 21.6. The fourth-order valence-electron chi connectivity index (χ4n) is 3.26. The van der Waals surface area contributed by atoms with Gasteiger partial charge in [-0.05, 0) is 39.8 Å². The van der Waals surface area contributed by atoms with Crippen LogP contribution in [0.2, 0.25) is 0 Å². The van der Waals surface area contributed by atoms with E-state index in [9.17, 15) is 24.0 Å². The highest BCUT2D eigenvalue weighted by Gasteiger charge is 2.68. The van der Waals surface area contributed by atoms with E-state index in [0.29, 0.717) is 5.75 Å². The highest BCUT2D eigenvalue weighted by Crippen LogP contribution is 2.47. The molecule has 1 aromatic carbocycles. The van der Waals surface area contributed by atoms with Gasteiger partial charge in [-0.2, -0.15) is 0 Å². The molecule has 1 unspecified atom stereocenters. The molecule has 2 heterocycles. The molecule has 0 aromatic heterocycles. The first-order valence-electron chi connectivity index (χ1n) is 10.6. The number of carbonyl (C=O) groups is 5. The summed E-state index contributed by atoms with van der Waals surface area (Å²) in [5.74, 6) is -2.60. The summed E-state index contributed by atoms with van der Waals surface area (Å²) in [6.45, 7) is 5.17. The molecule has 1 fully saturated rings. The number of fused-ring (bicyclic) bond motifs is 1. The molecule has 35 heavy (non-hydrogen) atoms. The zero-order chi connectivity index (χ0) is 26.0. The van der Waals surface area contributed by atoms with Gasteiger partial charge in [-0.1, -0.05) is 30.0 Å². The Morgan fingerprint density at radius 1 is 1.11 bits per heavy atom. The summed E-state index contributed by atoms with van der Waals surface area (Å²) in [5.41, 5.74) is -3.02. The van der Waals surface area contributed by atoms with Crippen molar-refractivity contribution in [1.29, 1.82) is 0 Å². The zero-order valence-electron chi connectivity index (χ0n) is 19.9. The minimum Gasteiger partial charge on any atom is -0.484 e. The van der Waals surface area contributed by atoms with Crippen LogP contribution in [-0.2, 0) is 38.2 Å². The van der Waals surface area contributed by atoms with E-state index in [1.165, 1.54) is 14.0 Å². The smallest absolute Gasteiger partial charge is 0.358 e. The van der Waals surface area contributed by atoms with Crippen LogP contribution in [-0.4, -0.2) is 65.4 Å². The van der Waals surface area contributed by atoms with Crippen LogP contribution in [0.5, 0.6) is 5.75 Å². The molecule has 2 aliphatic rings. The molecule has 11 nitrogen and oxygen atoms in total. The maximum absolute atomic E-state index is 13.1. The number of benzene rings is 1. The van der Waals surface area contributed by atoms with Crippen molar-refractivity contribution in [2.75, 3.05) is 20.5 Å². The largest absolute Gasteiger partial charge is 0.484 e.